The number of aryl methyl sites for hydroxylation is 2. The van der Waals surface area contributed by atoms with Crippen molar-refractivity contribution in [2.45, 2.75) is 26.9 Å². The molecule has 0 bridgehead atoms. The van der Waals surface area contributed by atoms with Gasteiger partial charge in [0.05, 0.1) is 5.69 Å². The minimum atomic E-state index is 0.962. The summed E-state index contributed by atoms with van der Waals surface area (Å²) in [6, 6.07) is 2.17. The van der Waals surface area contributed by atoms with Crippen molar-refractivity contribution >= 4 is 5.65 Å². The quantitative estimate of drug-likeness (QED) is 0.678. The standard InChI is InChI=1S/C11H13N3/c1-7-3-11-13-8(2)6-14(11)10-5-12-4-9(7)10/h3,6,12H,4-5H2,1-2H3. The summed E-state index contributed by atoms with van der Waals surface area (Å²) in [4.78, 5) is 4.49. The first-order chi connectivity index (χ1) is 6.75. The van der Waals surface area contributed by atoms with E-state index in [2.05, 4.69) is 33.9 Å². The van der Waals surface area contributed by atoms with Crippen LogP contribution in [0.25, 0.3) is 5.65 Å². The lowest BCUT2D eigenvalue weighted by Gasteiger charge is -2.05. The predicted octanol–water partition coefficient (Wildman–Crippen LogP) is 1.55. The van der Waals surface area contributed by atoms with Gasteiger partial charge in [0, 0.05) is 25.0 Å². The van der Waals surface area contributed by atoms with Gasteiger partial charge < -0.3 is 9.72 Å². The van der Waals surface area contributed by atoms with Gasteiger partial charge in [-0.1, -0.05) is 0 Å². The summed E-state index contributed by atoms with van der Waals surface area (Å²) in [5, 5.41) is 3.38. The highest BCUT2D eigenvalue weighted by atomic mass is 15.1. The lowest BCUT2D eigenvalue weighted by molar-refractivity contribution is 0.752. The minimum Gasteiger partial charge on any atom is -0.307 e. The van der Waals surface area contributed by atoms with E-state index >= 15 is 0 Å². The molecule has 3 heterocycles. The monoisotopic (exact) mass is 187 g/mol. The van der Waals surface area contributed by atoms with Crippen LogP contribution in [0, 0.1) is 13.8 Å². The molecule has 0 saturated heterocycles. The summed E-state index contributed by atoms with van der Waals surface area (Å²) >= 11 is 0. The number of aromatic nitrogens is 2. The van der Waals surface area contributed by atoms with Gasteiger partial charge in [0.15, 0.2) is 0 Å². The van der Waals surface area contributed by atoms with E-state index in [0.717, 1.165) is 24.4 Å². The van der Waals surface area contributed by atoms with E-state index in [4.69, 9.17) is 0 Å². The molecule has 72 valence electrons. The van der Waals surface area contributed by atoms with Crippen molar-refractivity contribution < 1.29 is 0 Å². The van der Waals surface area contributed by atoms with Gasteiger partial charge in [-0.3, -0.25) is 0 Å². The third kappa shape index (κ3) is 0.930. The van der Waals surface area contributed by atoms with Crippen molar-refractivity contribution in [3.63, 3.8) is 0 Å². The number of pyridine rings is 1. The molecule has 2 aromatic heterocycles. The molecule has 1 N–H and O–H groups in total. The zero-order valence-corrected chi connectivity index (χ0v) is 8.46. The normalized spacial score (nSPS) is 15.0. The van der Waals surface area contributed by atoms with Gasteiger partial charge in [0.25, 0.3) is 0 Å². The molecule has 0 radical (unpaired) electrons. The molecule has 1 aliphatic heterocycles. The Kier molecular flexibility index (Phi) is 1.47. The molecule has 2 aromatic rings. The Hall–Kier alpha value is -1.35. The van der Waals surface area contributed by atoms with E-state index in [1.165, 1.54) is 16.8 Å². The fourth-order valence-electron chi connectivity index (χ4n) is 2.23. The van der Waals surface area contributed by atoms with Gasteiger partial charge in [-0.15, -0.1) is 0 Å². The summed E-state index contributed by atoms with van der Waals surface area (Å²) in [7, 11) is 0. The molecule has 0 aromatic carbocycles. The van der Waals surface area contributed by atoms with Crippen LogP contribution in [0.2, 0.25) is 0 Å². The summed E-state index contributed by atoms with van der Waals surface area (Å²) < 4.78 is 2.21. The van der Waals surface area contributed by atoms with Gasteiger partial charge in [0.2, 0.25) is 0 Å². The van der Waals surface area contributed by atoms with Crippen molar-refractivity contribution in [2.24, 2.45) is 0 Å². The summed E-state index contributed by atoms with van der Waals surface area (Å²) in [5.41, 5.74) is 6.32. The average molecular weight is 187 g/mol. The molecule has 0 unspecified atom stereocenters. The number of hydrogen-bond acceptors (Lipinski definition) is 2. The number of nitrogens with zero attached hydrogens (tertiary/aromatic N) is 2. The second-order valence-electron chi connectivity index (χ2n) is 3.97. The van der Waals surface area contributed by atoms with Crippen LogP contribution in [0.5, 0.6) is 0 Å². The third-order valence-electron chi connectivity index (χ3n) is 2.91. The Bertz CT molecular complexity index is 511. The molecular weight excluding hydrogens is 174 g/mol. The number of hydrogen-bond donors (Lipinski definition) is 1. The molecule has 3 nitrogen and oxygen atoms in total. The number of nitrogens with one attached hydrogen (secondary N) is 1. The van der Waals surface area contributed by atoms with Gasteiger partial charge in [-0.2, -0.15) is 0 Å². The van der Waals surface area contributed by atoms with Crippen molar-refractivity contribution in [2.75, 3.05) is 0 Å². The van der Waals surface area contributed by atoms with E-state index < -0.39 is 0 Å². The Labute approximate surface area is 82.8 Å². The minimum absolute atomic E-state index is 0.962. The summed E-state index contributed by atoms with van der Waals surface area (Å²) in [6.45, 7) is 6.16. The molecule has 3 heteroatoms. The topological polar surface area (TPSA) is 29.3 Å². The van der Waals surface area contributed by atoms with Crippen LogP contribution >= 0.6 is 0 Å². The number of imidazole rings is 1. The molecular formula is C11H13N3. The van der Waals surface area contributed by atoms with E-state index in [1.807, 2.05) is 6.92 Å². The molecule has 0 amide bonds. The SMILES string of the molecule is Cc1cn2c3c(c(C)cc2n1)CNC3. The number of fused-ring (bicyclic) bond motifs is 3. The largest absolute Gasteiger partial charge is 0.307 e. The predicted molar refractivity (Wildman–Crippen MR) is 55.2 cm³/mol. The van der Waals surface area contributed by atoms with Crippen LogP contribution in [0.4, 0.5) is 0 Å². The van der Waals surface area contributed by atoms with Crippen molar-refractivity contribution in [3.05, 3.63) is 34.8 Å². The Morgan fingerprint density at radius 3 is 3.07 bits per heavy atom. The van der Waals surface area contributed by atoms with Crippen LogP contribution < -0.4 is 5.32 Å². The molecule has 0 fully saturated rings. The zero-order chi connectivity index (χ0) is 9.71. The fourth-order valence-corrected chi connectivity index (χ4v) is 2.23. The van der Waals surface area contributed by atoms with Crippen molar-refractivity contribution in [1.29, 1.82) is 0 Å². The summed E-state index contributed by atoms with van der Waals surface area (Å²) in [5.74, 6) is 0. The maximum Gasteiger partial charge on any atom is 0.137 e. The van der Waals surface area contributed by atoms with Gasteiger partial charge in [0.1, 0.15) is 5.65 Å². The van der Waals surface area contributed by atoms with E-state index in [9.17, 15) is 0 Å². The zero-order valence-electron chi connectivity index (χ0n) is 8.46. The lowest BCUT2D eigenvalue weighted by atomic mass is 10.1. The molecule has 0 saturated carbocycles. The van der Waals surface area contributed by atoms with Gasteiger partial charge in [-0.25, -0.2) is 4.98 Å². The fraction of sp³-hybridized carbons (Fsp3) is 0.364. The van der Waals surface area contributed by atoms with E-state index in [1.54, 1.807) is 0 Å². The van der Waals surface area contributed by atoms with Crippen LogP contribution in [0.15, 0.2) is 12.3 Å². The first-order valence-electron chi connectivity index (χ1n) is 4.93. The highest BCUT2D eigenvalue weighted by Gasteiger charge is 2.16. The maximum atomic E-state index is 4.49. The van der Waals surface area contributed by atoms with E-state index in [0.29, 0.717) is 0 Å². The Morgan fingerprint density at radius 1 is 1.36 bits per heavy atom. The van der Waals surface area contributed by atoms with Crippen LogP contribution in [0.1, 0.15) is 22.5 Å². The van der Waals surface area contributed by atoms with Gasteiger partial charge in [-0.05, 0) is 31.0 Å². The van der Waals surface area contributed by atoms with Crippen LogP contribution in [-0.4, -0.2) is 9.38 Å². The maximum absolute atomic E-state index is 4.49. The van der Waals surface area contributed by atoms with Crippen LogP contribution in [-0.2, 0) is 13.1 Å². The number of rotatable bonds is 0. The second kappa shape index (κ2) is 2.58. The molecule has 14 heavy (non-hydrogen) atoms. The van der Waals surface area contributed by atoms with E-state index in [-0.39, 0.29) is 0 Å². The van der Waals surface area contributed by atoms with Gasteiger partial charge >= 0.3 is 0 Å². The van der Waals surface area contributed by atoms with Crippen molar-refractivity contribution in [1.82, 2.24) is 14.7 Å². The Morgan fingerprint density at radius 2 is 2.21 bits per heavy atom. The summed E-state index contributed by atoms with van der Waals surface area (Å²) in [6.07, 6.45) is 2.11. The molecule has 0 aliphatic carbocycles. The molecule has 3 rings (SSSR count). The Balaban J connectivity index is 2.45. The average Bonchev–Trinajstić information content (AvgIpc) is 2.69. The highest BCUT2D eigenvalue weighted by molar-refractivity contribution is 5.49. The highest BCUT2D eigenvalue weighted by Crippen LogP contribution is 2.22. The first kappa shape index (κ1) is 8.00. The lowest BCUT2D eigenvalue weighted by Crippen LogP contribution is -2.01. The smallest absolute Gasteiger partial charge is 0.137 e. The first-order valence-corrected chi connectivity index (χ1v) is 4.93. The molecule has 1 aliphatic rings. The second-order valence-corrected chi connectivity index (χ2v) is 3.97. The third-order valence-corrected chi connectivity index (χ3v) is 2.91. The van der Waals surface area contributed by atoms with Crippen molar-refractivity contribution in [3.8, 4) is 0 Å². The molecule has 0 spiro atoms. The molecule has 0 atom stereocenters. The van der Waals surface area contributed by atoms with Crippen LogP contribution in [0.3, 0.4) is 0 Å².